The van der Waals surface area contributed by atoms with Crippen molar-refractivity contribution >= 4 is 11.3 Å². The first-order valence-electron chi connectivity index (χ1n) is 4.05. The molecule has 0 fully saturated rings. The van der Waals surface area contributed by atoms with Gasteiger partial charge in [0, 0.05) is 11.3 Å². The summed E-state index contributed by atoms with van der Waals surface area (Å²) in [6.07, 6.45) is 3.67. The van der Waals surface area contributed by atoms with Crippen LogP contribution in [0.2, 0.25) is 0 Å². The lowest BCUT2D eigenvalue weighted by atomic mass is 10.0. The maximum Gasteiger partial charge on any atom is 0.0794 e. The van der Waals surface area contributed by atoms with Crippen LogP contribution in [0.3, 0.4) is 0 Å². The summed E-state index contributed by atoms with van der Waals surface area (Å²) < 4.78 is 0. The maximum absolute atomic E-state index is 4.23. The first-order chi connectivity index (χ1) is 5.34. The minimum absolute atomic E-state index is 0.404. The second-order valence-corrected chi connectivity index (χ2v) is 3.47. The molecule has 0 spiro atoms. The van der Waals surface area contributed by atoms with Gasteiger partial charge in [0.1, 0.15) is 0 Å². The third-order valence-electron chi connectivity index (χ3n) is 1.78. The molecule has 1 aromatic heterocycles. The standard InChI is InChI=1S/C9H14NS/c1-3-4-5-8(2)9-6-11-7-10-9/h6-8H,2-5H2,1H3. The highest BCUT2D eigenvalue weighted by Gasteiger charge is 2.05. The molecule has 11 heavy (non-hydrogen) atoms. The average molecular weight is 168 g/mol. The van der Waals surface area contributed by atoms with Crippen LogP contribution in [0.15, 0.2) is 10.9 Å². The third kappa shape index (κ3) is 2.62. The van der Waals surface area contributed by atoms with Crippen LogP contribution in [0.25, 0.3) is 0 Å². The summed E-state index contributed by atoms with van der Waals surface area (Å²) in [4.78, 5) is 4.23. The second-order valence-electron chi connectivity index (χ2n) is 2.75. The summed E-state index contributed by atoms with van der Waals surface area (Å²) in [6, 6.07) is 0. The summed E-state index contributed by atoms with van der Waals surface area (Å²) in [5.74, 6) is 0.404. The molecule has 1 heterocycles. The van der Waals surface area contributed by atoms with Crippen LogP contribution in [0.4, 0.5) is 0 Å². The van der Waals surface area contributed by atoms with E-state index in [1.165, 1.54) is 19.3 Å². The molecule has 0 aliphatic carbocycles. The fourth-order valence-corrected chi connectivity index (χ4v) is 1.66. The van der Waals surface area contributed by atoms with E-state index in [1.807, 2.05) is 5.51 Å². The molecule has 1 rings (SSSR count). The van der Waals surface area contributed by atoms with Gasteiger partial charge in [-0.15, -0.1) is 11.3 Å². The zero-order valence-corrected chi connectivity index (χ0v) is 7.73. The van der Waals surface area contributed by atoms with Gasteiger partial charge in [0.2, 0.25) is 0 Å². The predicted molar refractivity (Wildman–Crippen MR) is 49.7 cm³/mol. The van der Waals surface area contributed by atoms with Gasteiger partial charge in [0.15, 0.2) is 0 Å². The molecule has 0 saturated heterocycles. The predicted octanol–water partition coefficient (Wildman–Crippen LogP) is 3.25. The van der Waals surface area contributed by atoms with Gasteiger partial charge in [0.05, 0.1) is 11.2 Å². The van der Waals surface area contributed by atoms with Gasteiger partial charge in [-0.2, -0.15) is 0 Å². The van der Waals surface area contributed by atoms with E-state index in [4.69, 9.17) is 0 Å². The number of unbranched alkanes of at least 4 members (excludes halogenated alkanes) is 1. The fraction of sp³-hybridized carbons (Fsp3) is 0.556. The summed E-state index contributed by atoms with van der Waals surface area (Å²) in [7, 11) is 0. The number of hydrogen-bond donors (Lipinski definition) is 0. The highest BCUT2D eigenvalue weighted by molar-refractivity contribution is 7.07. The van der Waals surface area contributed by atoms with Gasteiger partial charge in [-0.3, -0.25) is 0 Å². The number of nitrogens with zero attached hydrogens (tertiary/aromatic N) is 1. The van der Waals surface area contributed by atoms with E-state index in [0.717, 1.165) is 5.69 Å². The van der Waals surface area contributed by atoms with E-state index >= 15 is 0 Å². The SMILES string of the molecule is [CH2]C(CCCC)c1cscn1. The summed E-state index contributed by atoms with van der Waals surface area (Å²) in [5.41, 5.74) is 3.03. The van der Waals surface area contributed by atoms with Crippen LogP contribution in [-0.2, 0) is 0 Å². The molecule has 1 atom stereocenters. The van der Waals surface area contributed by atoms with E-state index in [0.29, 0.717) is 5.92 Å². The van der Waals surface area contributed by atoms with Crippen LogP contribution in [-0.4, -0.2) is 4.98 Å². The third-order valence-corrected chi connectivity index (χ3v) is 2.38. The van der Waals surface area contributed by atoms with Crippen LogP contribution in [0.5, 0.6) is 0 Å². The molecule has 61 valence electrons. The molecule has 0 aromatic carbocycles. The number of rotatable bonds is 4. The van der Waals surface area contributed by atoms with Crippen LogP contribution < -0.4 is 0 Å². The molecule has 0 aliphatic heterocycles. The first kappa shape index (κ1) is 8.72. The molecule has 1 unspecified atom stereocenters. The van der Waals surface area contributed by atoms with Gasteiger partial charge in [-0.05, 0) is 13.3 Å². The Morgan fingerprint density at radius 2 is 2.55 bits per heavy atom. The van der Waals surface area contributed by atoms with E-state index in [2.05, 4.69) is 24.2 Å². The zero-order valence-electron chi connectivity index (χ0n) is 6.92. The molecule has 1 radical (unpaired) electrons. The largest absolute Gasteiger partial charge is 0.249 e. The number of aromatic nitrogens is 1. The molecule has 1 aromatic rings. The van der Waals surface area contributed by atoms with E-state index in [9.17, 15) is 0 Å². The highest BCUT2D eigenvalue weighted by Crippen LogP contribution is 2.20. The highest BCUT2D eigenvalue weighted by atomic mass is 32.1. The van der Waals surface area contributed by atoms with Gasteiger partial charge < -0.3 is 0 Å². The van der Waals surface area contributed by atoms with Gasteiger partial charge in [0.25, 0.3) is 0 Å². The normalized spacial score (nSPS) is 13.3. The molecular weight excluding hydrogens is 154 g/mol. The van der Waals surface area contributed by atoms with Gasteiger partial charge in [-0.1, -0.05) is 19.8 Å². The van der Waals surface area contributed by atoms with Crippen molar-refractivity contribution in [1.82, 2.24) is 4.98 Å². The fourth-order valence-electron chi connectivity index (χ4n) is 1.02. The van der Waals surface area contributed by atoms with E-state index in [1.54, 1.807) is 11.3 Å². The Morgan fingerprint density at radius 1 is 1.73 bits per heavy atom. The van der Waals surface area contributed by atoms with Crippen LogP contribution in [0.1, 0.15) is 37.8 Å². The molecular formula is C9H14NS. The smallest absolute Gasteiger partial charge is 0.0794 e. The number of hydrogen-bond acceptors (Lipinski definition) is 2. The van der Waals surface area contributed by atoms with Crippen LogP contribution in [0, 0.1) is 6.92 Å². The van der Waals surface area contributed by atoms with Gasteiger partial charge >= 0.3 is 0 Å². The molecule has 0 saturated carbocycles. The molecule has 0 N–H and O–H groups in total. The first-order valence-corrected chi connectivity index (χ1v) is 5.00. The van der Waals surface area contributed by atoms with Crippen molar-refractivity contribution in [2.75, 3.05) is 0 Å². The lowest BCUT2D eigenvalue weighted by Crippen LogP contribution is -1.93. The van der Waals surface area contributed by atoms with Crippen molar-refractivity contribution in [3.05, 3.63) is 23.5 Å². The number of thiazole rings is 1. The van der Waals surface area contributed by atoms with Crippen molar-refractivity contribution in [3.8, 4) is 0 Å². The Kier molecular flexibility index (Phi) is 3.57. The van der Waals surface area contributed by atoms with Crippen molar-refractivity contribution in [1.29, 1.82) is 0 Å². The van der Waals surface area contributed by atoms with Gasteiger partial charge in [-0.25, -0.2) is 4.98 Å². The van der Waals surface area contributed by atoms with Crippen LogP contribution >= 0.6 is 11.3 Å². The minimum Gasteiger partial charge on any atom is -0.249 e. The monoisotopic (exact) mass is 168 g/mol. The summed E-state index contributed by atoms with van der Waals surface area (Å²) in [6.45, 7) is 6.26. The molecule has 0 aliphatic rings. The average Bonchev–Trinajstić information content (AvgIpc) is 2.52. The lowest BCUT2D eigenvalue weighted by molar-refractivity contribution is 0.652. The Morgan fingerprint density at radius 3 is 3.09 bits per heavy atom. The van der Waals surface area contributed by atoms with E-state index < -0.39 is 0 Å². The quantitative estimate of drug-likeness (QED) is 0.672. The topological polar surface area (TPSA) is 12.9 Å². The Labute approximate surface area is 72.5 Å². The van der Waals surface area contributed by atoms with E-state index in [-0.39, 0.29) is 0 Å². The second kappa shape index (κ2) is 4.50. The molecule has 1 nitrogen and oxygen atoms in total. The maximum atomic E-state index is 4.23. The minimum atomic E-state index is 0.404. The molecule has 0 amide bonds. The Hall–Kier alpha value is -0.370. The van der Waals surface area contributed by atoms with Crippen molar-refractivity contribution in [2.24, 2.45) is 0 Å². The molecule has 0 bridgehead atoms. The zero-order chi connectivity index (χ0) is 8.10. The molecule has 2 heteroatoms. The lowest BCUT2D eigenvalue weighted by Gasteiger charge is -2.05. The summed E-state index contributed by atoms with van der Waals surface area (Å²) in [5, 5.41) is 2.09. The Balaban J connectivity index is 2.36. The Bertz CT molecular complexity index is 181. The van der Waals surface area contributed by atoms with Crippen molar-refractivity contribution < 1.29 is 0 Å². The van der Waals surface area contributed by atoms with Crippen molar-refractivity contribution in [2.45, 2.75) is 32.1 Å². The summed E-state index contributed by atoms with van der Waals surface area (Å²) >= 11 is 1.65. The van der Waals surface area contributed by atoms with Crippen molar-refractivity contribution in [3.63, 3.8) is 0 Å².